The summed E-state index contributed by atoms with van der Waals surface area (Å²) in [5.41, 5.74) is 4.90. The van der Waals surface area contributed by atoms with E-state index in [-0.39, 0.29) is 23.8 Å². The number of aromatic nitrogens is 2. The minimum Gasteiger partial charge on any atom is -0.385 e. The molecule has 2 aromatic heterocycles. The molecule has 0 atom stereocenters. The number of aryl methyl sites for hydroxylation is 1. The quantitative estimate of drug-likeness (QED) is 0.347. The van der Waals surface area contributed by atoms with E-state index in [2.05, 4.69) is 10.3 Å². The molecule has 142 valence electrons. The summed E-state index contributed by atoms with van der Waals surface area (Å²) in [5, 5.41) is 3.51. The lowest BCUT2D eigenvalue weighted by molar-refractivity contribution is -0.123. The number of nitrogens with two attached hydrogens (primary N) is 1. The third-order valence-corrected chi connectivity index (χ3v) is 5.69. The van der Waals surface area contributed by atoms with Gasteiger partial charge in [-0.25, -0.2) is 4.98 Å². The summed E-state index contributed by atoms with van der Waals surface area (Å²) in [7, 11) is 1.61. The van der Waals surface area contributed by atoms with Gasteiger partial charge in [0.1, 0.15) is 4.83 Å². The molecule has 0 saturated carbocycles. The number of hydrogen-bond donors (Lipinski definition) is 2. The molecular weight excluding hydrogens is 376 g/mol. The van der Waals surface area contributed by atoms with E-state index in [1.165, 1.54) is 11.3 Å². The highest BCUT2D eigenvalue weighted by atomic mass is 32.2. The molecule has 0 saturated heterocycles. The second kappa shape index (κ2) is 9.70. The number of carbonyl (C=O) groups excluding carboxylic acids is 2. The average Bonchev–Trinajstić information content (AvgIpc) is 3.04. The average molecular weight is 399 g/mol. The zero-order valence-electron chi connectivity index (χ0n) is 14.7. The molecule has 2 rings (SSSR count). The lowest BCUT2D eigenvalue weighted by atomic mass is 10.3. The number of nitrogens with one attached hydrogen (secondary N) is 1. The number of thiophene rings is 1. The van der Waals surface area contributed by atoms with Crippen molar-refractivity contribution in [3.8, 4) is 0 Å². The Morgan fingerprint density at radius 1 is 1.46 bits per heavy atom. The largest absolute Gasteiger partial charge is 0.385 e. The van der Waals surface area contributed by atoms with Gasteiger partial charge in [0.15, 0.2) is 5.16 Å². The van der Waals surface area contributed by atoms with E-state index in [0.717, 1.165) is 23.1 Å². The van der Waals surface area contributed by atoms with Crippen molar-refractivity contribution in [1.82, 2.24) is 14.9 Å². The van der Waals surface area contributed by atoms with Gasteiger partial charge in [-0.05, 0) is 18.9 Å². The maximum atomic E-state index is 12.8. The first-order chi connectivity index (χ1) is 12.5. The molecule has 3 N–H and O–H groups in total. The fraction of sp³-hybridized carbons (Fsp3) is 0.500. The van der Waals surface area contributed by atoms with E-state index in [9.17, 15) is 14.4 Å². The molecule has 0 spiro atoms. The van der Waals surface area contributed by atoms with Crippen molar-refractivity contribution >= 4 is 45.1 Å². The van der Waals surface area contributed by atoms with E-state index < -0.39 is 5.91 Å². The summed E-state index contributed by atoms with van der Waals surface area (Å²) in [5.74, 6) is -0.904. The smallest absolute Gasteiger partial charge is 0.262 e. The number of primary amides is 1. The van der Waals surface area contributed by atoms with Crippen molar-refractivity contribution in [1.29, 1.82) is 0 Å². The van der Waals surface area contributed by atoms with Crippen LogP contribution in [-0.2, 0) is 27.3 Å². The molecule has 0 bridgehead atoms. The van der Waals surface area contributed by atoms with Crippen LogP contribution in [0, 0.1) is 0 Å². The first-order valence-corrected chi connectivity index (χ1v) is 9.96. The fourth-order valence-electron chi connectivity index (χ4n) is 2.26. The first kappa shape index (κ1) is 20.4. The van der Waals surface area contributed by atoms with Gasteiger partial charge in [-0.15, -0.1) is 11.3 Å². The molecule has 0 radical (unpaired) electrons. The Kier molecular flexibility index (Phi) is 7.61. The van der Waals surface area contributed by atoms with E-state index in [1.807, 2.05) is 13.0 Å². The minimum absolute atomic E-state index is 0.0432. The van der Waals surface area contributed by atoms with Gasteiger partial charge in [-0.1, -0.05) is 18.7 Å². The Labute approximate surface area is 159 Å². The van der Waals surface area contributed by atoms with Crippen LogP contribution in [0.15, 0.2) is 16.0 Å². The minimum atomic E-state index is -0.606. The number of nitrogens with zero attached hydrogens (tertiary/aromatic N) is 2. The van der Waals surface area contributed by atoms with E-state index >= 15 is 0 Å². The molecule has 2 aromatic rings. The molecule has 8 nitrogen and oxygen atoms in total. The predicted octanol–water partition coefficient (Wildman–Crippen LogP) is 0.750. The highest BCUT2D eigenvalue weighted by Gasteiger charge is 2.15. The third-order valence-electron chi connectivity index (χ3n) is 3.54. The number of ether oxygens (including phenoxy) is 1. The van der Waals surface area contributed by atoms with Crippen molar-refractivity contribution in [3.05, 3.63) is 21.3 Å². The van der Waals surface area contributed by atoms with Crippen LogP contribution in [-0.4, -0.2) is 47.4 Å². The lowest BCUT2D eigenvalue weighted by Crippen LogP contribution is -2.34. The number of hydrogen-bond acceptors (Lipinski definition) is 7. The van der Waals surface area contributed by atoms with Gasteiger partial charge >= 0.3 is 0 Å². The normalized spacial score (nSPS) is 11.0. The predicted molar refractivity (Wildman–Crippen MR) is 103 cm³/mol. The second-order valence-corrected chi connectivity index (χ2v) is 7.57. The summed E-state index contributed by atoms with van der Waals surface area (Å²) in [6.07, 6.45) is 1.50. The Bertz CT molecular complexity index is 847. The monoisotopic (exact) mass is 398 g/mol. The maximum absolute atomic E-state index is 12.8. The molecule has 0 aliphatic heterocycles. The molecule has 0 fully saturated rings. The van der Waals surface area contributed by atoms with Gasteiger partial charge in [-0.3, -0.25) is 19.0 Å². The number of amides is 2. The van der Waals surface area contributed by atoms with Gasteiger partial charge in [0.2, 0.25) is 11.8 Å². The molecule has 10 heteroatoms. The van der Waals surface area contributed by atoms with Crippen molar-refractivity contribution in [2.45, 2.75) is 31.5 Å². The van der Waals surface area contributed by atoms with Crippen molar-refractivity contribution in [3.63, 3.8) is 0 Å². The van der Waals surface area contributed by atoms with Crippen LogP contribution in [0.4, 0.5) is 0 Å². The summed E-state index contributed by atoms with van der Waals surface area (Å²) in [6.45, 7) is 2.80. The number of fused-ring (bicyclic) bond motifs is 1. The fourth-order valence-corrected chi connectivity index (χ4v) is 4.13. The van der Waals surface area contributed by atoms with Gasteiger partial charge < -0.3 is 15.8 Å². The summed E-state index contributed by atoms with van der Waals surface area (Å²) in [4.78, 5) is 41.7. The van der Waals surface area contributed by atoms with Gasteiger partial charge in [-0.2, -0.15) is 0 Å². The summed E-state index contributed by atoms with van der Waals surface area (Å²) < 4.78 is 6.64. The van der Waals surface area contributed by atoms with E-state index in [4.69, 9.17) is 10.5 Å². The summed E-state index contributed by atoms with van der Waals surface area (Å²) >= 11 is 2.65. The van der Waals surface area contributed by atoms with Crippen LogP contribution >= 0.6 is 23.1 Å². The molecule has 0 aromatic carbocycles. The van der Waals surface area contributed by atoms with Crippen LogP contribution in [0.25, 0.3) is 10.2 Å². The summed E-state index contributed by atoms with van der Waals surface area (Å²) in [6, 6.07) is 1.89. The van der Waals surface area contributed by atoms with Gasteiger partial charge in [0.05, 0.1) is 17.7 Å². The first-order valence-electron chi connectivity index (χ1n) is 8.16. The third kappa shape index (κ3) is 5.29. The maximum Gasteiger partial charge on any atom is 0.262 e. The topological polar surface area (TPSA) is 116 Å². The highest BCUT2D eigenvalue weighted by Crippen LogP contribution is 2.25. The number of methoxy groups -OCH3 is 1. The van der Waals surface area contributed by atoms with Gasteiger partial charge in [0, 0.05) is 25.1 Å². The molecule has 0 aliphatic rings. The molecule has 0 unspecified atom stereocenters. The van der Waals surface area contributed by atoms with Crippen molar-refractivity contribution < 1.29 is 14.3 Å². The zero-order chi connectivity index (χ0) is 19.1. The highest BCUT2D eigenvalue weighted by molar-refractivity contribution is 7.99. The van der Waals surface area contributed by atoms with Crippen LogP contribution < -0.4 is 16.6 Å². The van der Waals surface area contributed by atoms with Gasteiger partial charge in [0.25, 0.3) is 5.56 Å². The number of rotatable bonds is 10. The molecule has 2 amide bonds. The van der Waals surface area contributed by atoms with Crippen LogP contribution in [0.5, 0.6) is 0 Å². The SMILES string of the molecule is CCc1cc2c(=O)n(CCCOC)c(SCC(=O)NCC(N)=O)nc2s1. The van der Waals surface area contributed by atoms with Crippen LogP contribution in [0.2, 0.25) is 0 Å². The van der Waals surface area contributed by atoms with Crippen molar-refractivity contribution in [2.24, 2.45) is 5.73 Å². The molecule has 2 heterocycles. The van der Waals surface area contributed by atoms with E-state index in [0.29, 0.717) is 34.9 Å². The van der Waals surface area contributed by atoms with Crippen LogP contribution in [0.1, 0.15) is 18.2 Å². The van der Waals surface area contributed by atoms with Crippen LogP contribution in [0.3, 0.4) is 0 Å². The molecule has 26 heavy (non-hydrogen) atoms. The van der Waals surface area contributed by atoms with Crippen molar-refractivity contribution in [2.75, 3.05) is 26.0 Å². The lowest BCUT2D eigenvalue weighted by Gasteiger charge is -2.11. The number of thioether (sulfide) groups is 1. The Morgan fingerprint density at radius 3 is 2.88 bits per heavy atom. The molecular formula is C16H22N4O4S2. The number of carbonyl (C=O) groups is 2. The standard InChI is InChI=1S/C16H22N4O4S2/c1-3-10-7-11-14(26-10)19-16(20(15(11)23)5-4-6-24-2)25-9-13(22)18-8-12(17)21/h7H,3-6,8-9H2,1-2H3,(H2,17,21)(H,18,22). The Morgan fingerprint density at radius 2 is 2.23 bits per heavy atom. The Hall–Kier alpha value is -1.91. The van der Waals surface area contributed by atoms with E-state index in [1.54, 1.807) is 11.7 Å². The molecule has 0 aliphatic carbocycles. The second-order valence-electron chi connectivity index (χ2n) is 5.51. The zero-order valence-corrected chi connectivity index (χ0v) is 16.4. The Balaban J connectivity index is 2.26.